The number of carbonyl (C=O) groups excluding carboxylic acids is 1. The first-order chi connectivity index (χ1) is 14.6. The zero-order valence-electron chi connectivity index (χ0n) is 17.6. The lowest BCUT2D eigenvalue weighted by Gasteiger charge is -2.39. The first kappa shape index (κ1) is 20.3. The monoisotopic (exact) mass is 402 g/mol. The average Bonchev–Trinajstić information content (AvgIpc) is 2.78. The van der Waals surface area contributed by atoms with Crippen LogP contribution in [0.5, 0.6) is 5.75 Å². The van der Waals surface area contributed by atoms with E-state index in [9.17, 15) is 9.90 Å². The molecule has 4 heteroatoms. The number of nitrogens with one attached hydrogen (secondary N) is 1. The minimum atomic E-state index is -0.400. The van der Waals surface area contributed by atoms with Crippen molar-refractivity contribution >= 4 is 22.4 Å². The fourth-order valence-electron chi connectivity index (χ4n) is 4.77. The van der Waals surface area contributed by atoms with Crippen LogP contribution in [0.3, 0.4) is 0 Å². The Kier molecular flexibility index (Phi) is 5.93. The van der Waals surface area contributed by atoms with E-state index in [1.807, 2.05) is 31.3 Å². The molecule has 1 amide bonds. The van der Waals surface area contributed by atoms with Gasteiger partial charge in [-0.25, -0.2) is 0 Å². The van der Waals surface area contributed by atoms with E-state index in [2.05, 4.69) is 40.5 Å². The number of amides is 1. The van der Waals surface area contributed by atoms with Gasteiger partial charge in [-0.3, -0.25) is 4.79 Å². The van der Waals surface area contributed by atoms with E-state index >= 15 is 0 Å². The van der Waals surface area contributed by atoms with E-state index in [0.29, 0.717) is 13.1 Å². The summed E-state index contributed by atoms with van der Waals surface area (Å²) in [5, 5.41) is 15.5. The number of nitrogens with zero attached hydrogens (tertiary/aromatic N) is 1. The quantitative estimate of drug-likeness (QED) is 0.592. The van der Waals surface area contributed by atoms with Gasteiger partial charge in [0.2, 0.25) is 5.91 Å². The number of phenols is 1. The molecule has 0 aliphatic heterocycles. The summed E-state index contributed by atoms with van der Waals surface area (Å²) in [4.78, 5) is 15.6. The van der Waals surface area contributed by atoms with E-state index in [0.717, 1.165) is 36.9 Å². The highest BCUT2D eigenvalue weighted by atomic mass is 16.3. The van der Waals surface area contributed by atoms with Gasteiger partial charge in [0, 0.05) is 31.9 Å². The highest BCUT2D eigenvalue weighted by Crippen LogP contribution is 2.38. The summed E-state index contributed by atoms with van der Waals surface area (Å²) >= 11 is 0. The molecule has 30 heavy (non-hydrogen) atoms. The van der Waals surface area contributed by atoms with E-state index in [1.54, 1.807) is 12.1 Å². The minimum Gasteiger partial charge on any atom is -0.508 e. The highest BCUT2D eigenvalue weighted by molar-refractivity contribution is 5.87. The van der Waals surface area contributed by atoms with Crippen LogP contribution in [0.4, 0.5) is 5.69 Å². The Morgan fingerprint density at radius 1 is 1.00 bits per heavy atom. The van der Waals surface area contributed by atoms with Crippen molar-refractivity contribution in [1.82, 2.24) is 5.32 Å². The van der Waals surface area contributed by atoms with Gasteiger partial charge in [-0.15, -0.1) is 0 Å². The Morgan fingerprint density at radius 3 is 2.53 bits per heavy atom. The number of benzene rings is 3. The maximum atomic E-state index is 13.5. The molecule has 1 aliphatic rings. The first-order valence-electron chi connectivity index (χ1n) is 10.8. The number of hydrogen-bond acceptors (Lipinski definition) is 3. The standard InChI is InChI=1S/C26H30N2O2/c1-28(22-12-8-13-23(29)17-22)19-26(15-5-2-6-16-26)25(30)27-18-21-11-7-10-20-9-3-4-14-24(20)21/h3-4,7-14,17,29H,2,5-6,15-16,18-19H2,1H3,(H,27,30). The topological polar surface area (TPSA) is 52.6 Å². The largest absolute Gasteiger partial charge is 0.508 e. The van der Waals surface area contributed by atoms with Crippen LogP contribution in [0.1, 0.15) is 37.7 Å². The Labute approximate surface area is 178 Å². The summed E-state index contributed by atoms with van der Waals surface area (Å²) in [6.07, 6.45) is 5.15. The van der Waals surface area contributed by atoms with Crippen molar-refractivity contribution < 1.29 is 9.90 Å². The Bertz CT molecular complexity index is 1020. The lowest BCUT2D eigenvalue weighted by Crippen LogP contribution is -2.48. The molecule has 2 N–H and O–H groups in total. The molecule has 3 aromatic rings. The van der Waals surface area contributed by atoms with E-state index in [4.69, 9.17) is 0 Å². The van der Waals surface area contributed by atoms with Gasteiger partial charge in [-0.05, 0) is 41.3 Å². The number of rotatable bonds is 6. The van der Waals surface area contributed by atoms with Gasteiger partial charge in [0.1, 0.15) is 5.75 Å². The predicted octanol–water partition coefficient (Wildman–Crippen LogP) is 5.25. The maximum Gasteiger partial charge on any atom is 0.228 e. The van der Waals surface area contributed by atoms with Gasteiger partial charge in [-0.2, -0.15) is 0 Å². The highest BCUT2D eigenvalue weighted by Gasteiger charge is 2.40. The molecule has 4 rings (SSSR count). The molecule has 0 spiro atoms. The smallest absolute Gasteiger partial charge is 0.228 e. The number of aromatic hydroxyl groups is 1. The maximum absolute atomic E-state index is 13.5. The molecule has 0 bridgehead atoms. The third kappa shape index (κ3) is 4.28. The Balaban J connectivity index is 1.52. The third-order valence-corrected chi connectivity index (χ3v) is 6.42. The summed E-state index contributed by atoms with van der Waals surface area (Å²) in [5.74, 6) is 0.389. The molecule has 0 unspecified atom stereocenters. The van der Waals surface area contributed by atoms with Crippen LogP contribution < -0.4 is 10.2 Å². The van der Waals surface area contributed by atoms with Gasteiger partial charge in [-0.1, -0.05) is 67.8 Å². The Morgan fingerprint density at radius 2 is 1.73 bits per heavy atom. The van der Waals surface area contributed by atoms with Crippen molar-refractivity contribution in [3.8, 4) is 5.75 Å². The fraction of sp³-hybridized carbons (Fsp3) is 0.346. The van der Waals surface area contributed by atoms with Crippen LogP contribution in [0.15, 0.2) is 66.7 Å². The van der Waals surface area contributed by atoms with Crippen molar-refractivity contribution in [2.45, 2.75) is 38.6 Å². The summed E-state index contributed by atoms with van der Waals surface area (Å²) in [7, 11) is 2.00. The van der Waals surface area contributed by atoms with Crippen LogP contribution in [0.25, 0.3) is 10.8 Å². The molecule has 0 aromatic heterocycles. The zero-order chi connectivity index (χ0) is 21.0. The van der Waals surface area contributed by atoms with Gasteiger partial charge in [0.25, 0.3) is 0 Å². The molecule has 4 nitrogen and oxygen atoms in total. The second-order valence-electron chi connectivity index (χ2n) is 8.54. The molecule has 0 radical (unpaired) electrons. The molecular formula is C26H30N2O2. The van der Waals surface area contributed by atoms with Crippen molar-refractivity contribution in [2.75, 3.05) is 18.5 Å². The molecular weight excluding hydrogens is 372 g/mol. The van der Waals surface area contributed by atoms with Crippen molar-refractivity contribution in [3.05, 3.63) is 72.3 Å². The van der Waals surface area contributed by atoms with Gasteiger partial charge in [0.15, 0.2) is 0 Å². The number of phenolic OH excluding ortho intramolecular Hbond substituents is 1. The average molecular weight is 403 g/mol. The SMILES string of the molecule is CN(CC1(C(=O)NCc2cccc3ccccc23)CCCCC1)c1cccc(O)c1. The van der Waals surface area contributed by atoms with Crippen molar-refractivity contribution in [2.24, 2.45) is 5.41 Å². The number of anilines is 1. The second-order valence-corrected chi connectivity index (χ2v) is 8.54. The lowest BCUT2D eigenvalue weighted by atomic mass is 9.72. The van der Waals surface area contributed by atoms with Crippen molar-refractivity contribution in [1.29, 1.82) is 0 Å². The molecule has 0 heterocycles. The summed E-state index contributed by atoms with van der Waals surface area (Å²) < 4.78 is 0. The molecule has 3 aromatic carbocycles. The Hall–Kier alpha value is -3.01. The normalized spacial score (nSPS) is 15.6. The number of fused-ring (bicyclic) bond motifs is 1. The fourth-order valence-corrected chi connectivity index (χ4v) is 4.77. The van der Waals surface area contributed by atoms with Crippen LogP contribution >= 0.6 is 0 Å². The minimum absolute atomic E-state index is 0.141. The van der Waals surface area contributed by atoms with Crippen molar-refractivity contribution in [3.63, 3.8) is 0 Å². The van der Waals surface area contributed by atoms with Crippen LogP contribution in [0, 0.1) is 5.41 Å². The van der Waals surface area contributed by atoms with Gasteiger partial charge in [0.05, 0.1) is 5.41 Å². The second kappa shape index (κ2) is 8.78. The molecule has 1 saturated carbocycles. The molecule has 1 aliphatic carbocycles. The number of carbonyl (C=O) groups is 1. The first-order valence-corrected chi connectivity index (χ1v) is 10.8. The molecule has 0 atom stereocenters. The summed E-state index contributed by atoms with van der Waals surface area (Å²) in [5.41, 5.74) is 1.68. The van der Waals surface area contributed by atoms with Gasteiger partial charge >= 0.3 is 0 Å². The third-order valence-electron chi connectivity index (χ3n) is 6.42. The number of hydrogen-bond donors (Lipinski definition) is 2. The predicted molar refractivity (Wildman–Crippen MR) is 123 cm³/mol. The van der Waals surface area contributed by atoms with Crippen LogP contribution in [0.2, 0.25) is 0 Å². The summed E-state index contributed by atoms with van der Waals surface area (Å²) in [6.45, 7) is 1.19. The van der Waals surface area contributed by atoms with E-state index in [-0.39, 0.29) is 11.7 Å². The zero-order valence-corrected chi connectivity index (χ0v) is 17.6. The molecule has 156 valence electrons. The van der Waals surface area contributed by atoms with Gasteiger partial charge < -0.3 is 15.3 Å². The van der Waals surface area contributed by atoms with E-state index < -0.39 is 5.41 Å². The van der Waals surface area contributed by atoms with E-state index in [1.165, 1.54) is 17.2 Å². The lowest BCUT2D eigenvalue weighted by molar-refractivity contribution is -0.132. The molecule has 1 fully saturated rings. The molecule has 0 saturated heterocycles. The van der Waals surface area contributed by atoms with Crippen LogP contribution in [-0.4, -0.2) is 24.6 Å². The summed E-state index contributed by atoms with van der Waals surface area (Å²) in [6, 6.07) is 21.8. The van der Waals surface area contributed by atoms with Crippen LogP contribution in [-0.2, 0) is 11.3 Å².